The number of rotatable bonds is 7. The number of carbonyl (C=O) groups is 1. The molecule has 0 aliphatic rings. The Labute approximate surface area is 129 Å². The summed E-state index contributed by atoms with van der Waals surface area (Å²) in [5, 5.41) is 15.9. The van der Waals surface area contributed by atoms with Crippen molar-refractivity contribution < 1.29 is 4.79 Å². The van der Waals surface area contributed by atoms with Crippen molar-refractivity contribution >= 4 is 12.1 Å². The van der Waals surface area contributed by atoms with Gasteiger partial charge in [-0.2, -0.15) is 9.90 Å². The van der Waals surface area contributed by atoms with Crippen molar-refractivity contribution in [2.45, 2.75) is 33.2 Å². The van der Waals surface area contributed by atoms with Crippen molar-refractivity contribution in [2.24, 2.45) is 11.0 Å². The maximum absolute atomic E-state index is 11.8. The number of nitrogens with one attached hydrogen (secondary N) is 1. The summed E-state index contributed by atoms with van der Waals surface area (Å²) in [5.41, 5.74) is 3.34. The van der Waals surface area contributed by atoms with Crippen LogP contribution in [0.4, 0.5) is 0 Å². The molecule has 0 aliphatic heterocycles. The van der Waals surface area contributed by atoms with Crippen LogP contribution in [0.3, 0.4) is 0 Å². The molecule has 0 atom stereocenters. The van der Waals surface area contributed by atoms with Crippen molar-refractivity contribution in [3.63, 3.8) is 0 Å². The van der Waals surface area contributed by atoms with E-state index in [4.69, 9.17) is 0 Å². The zero-order valence-corrected chi connectivity index (χ0v) is 12.8. The van der Waals surface area contributed by atoms with Crippen LogP contribution >= 0.6 is 0 Å². The molecule has 1 heterocycles. The fourth-order valence-electron chi connectivity index (χ4n) is 1.89. The van der Waals surface area contributed by atoms with Gasteiger partial charge < -0.3 is 0 Å². The Morgan fingerprint density at radius 3 is 2.73 bits per heavy atom. The third-order valence-corrected chi connectivity index (χ3v) is 3.29. The smallest absolute Gasteiger partial charge is 0.263 e. The van der Waals surface area contributed by atoms with Crippen LogP contribution < -0.4 is 5.43 Å². The number of hydrazone groups is 1. The average molecular weight is 300 g/mol. The minimum Gasteiger partial charge on any atom is -0.271 e. The molecule has 2 rings (SSSR count). The minimum absolute atomic E-state index is 0.0138. The van der Waals surface area contributed by atoms with E-state index in [0.29, 0.717) is 11.7 Å². The lowest BCUT2D eigenvalue weighted by Crippen LogP contribution is -2.25. The van der Waals surface area contributed by atoms with Crippen LogP contribution in [0.1, 0.15) is 26.7 Å². The normalized spacial score (nSPS) is 11.2. The van der Waals surface area contributed by atoms with Gasteiger partial charge in [-0.05, 0) is 24.0 Å². The first-order chi connectivity index (χ1) is 10.7. The van der Waals surface area contributed by atoms with E-state index in [-0.39, 0.29) is 12.5 Å². The standard InChI is InChI=1S/C15H20N6O/c1-3-12(4-2)10-16-17-14(22)11-21-19-15(18-20-21)13-8-6-5-7-9-13/h5-10,12H,3-4,11H2,1-2H3,(H,17,22)/b16-10-. The SMILES string of the molecule is CCC(/C=N\NC(=O)Cn1nnc(-c2ccccc2)n1)CC. The highest BCUT2D eigenvalue weighted by molar-refractivity contribution is 5.76. The molecular weight excluding hydrogens is 280 g/mol. The number of amides is 1. The van der Waals surface area contributed by atoms with Crippen LogP contribution in [0.15, 0.2) is 35.4 Å². The highest BCUT2D eigenvalue weighted by atomic mass is 16.2. The first-order valence-corrected chi connectivity index (χ1v) is 7.38. The van der Waals surface area contributed by atoms with Gasteiger partial charge in [0.2, 0.25) is 5.82 Å². The monoisotopic (exact) mass is 300 g/mol. The molecule has 0 saturated heterocycles. The van der Waals surface area contributed by atoms with Gasteiger partial charge in [-0.25, -0.2) is 5.43 Å². The number of nitrogens with zero attached hydrogens (tertiary/aromatic N) is 5. The van der Waals surface area contributed by atoms with E-state index in [1.165, 1.54) is 4.80 Å². The van der Waals surface area contributed by atoms with Gasteiger partial charge in [-0.3, -0.25) is 4.79 Å². The van der Waals surface area contributed by atoms with E-state index in [9.17, 15) is 4.79 Å². The molecule has 116 valence electrons. The van der Waals surface area contributed by atoms with Gasteiger partial charge in [0.05, 0.1) is 0 Å². The first-order valence-electron chi connectivity index (χ1n) is 7.38. The molecule has 7 nitrogen and oxygen atoms in total. The minimum atomic E-state index is -0.279. The Hall–Kier alpha value is -2.57. The van der Waals surface area contributed by atoms with Gasteiger partial charge in [-0.1, -0.05) is 44.2 Å². The van der Waals surface area contributed by atoms with E-state index in [1.54, 1.807) is 6.21 Å². The van der Waals surface area contributed by atoms with Crippen LogP contribution in [0.2, 0.25) is 0 Å². The summed E-state index contributed by atoms with van der Waals surface area (Å²) >= 11 is 0. The number of aromatic nitrogens is 4. The maximum atomic E-state index is 11.8. The van der Waals surface area contributed by atoms with Gasteiger partial charge in [0.15, 0.2) is 0 Å². The molecule has 0 fully saturated rings. The summed E-state index contributed by atoms with van der Waals surface area (Å²) < 4.78 is 0. The lowest BCUT2D eigenvalue weighted by molar-refractivity contribution is -0.122. The molecule has 7 heteroatoms. The summed E-state index contributed by atoms with van der Waals surface area (Å²) in [6.45, 7) is 4.17. The van der Waals surface area contributed by atoms with E-state index in [0.717, 1.165) is 18.4 Å². The molecule has 1 aromatic heterocycles. The van der Waals surface area contributed by atoms with Gasteiger partial charge >= 0.3 is 0 Å². The van der Waals surface area contributed by atoms with Crippen molar-refractivity contribution in [2.75, 3.05) is 0 Å². The Bertz CT molecular complexity index is 618. The van der Waals surface area contributed by atoms with Gasteiger partial charge in [0, 0.05) is 11.8 Å². The van der Waals surface area contributed by atoms with Crippen LogP contribution in [0, 0.1) is 5.92 Å². The number of hydrogen-bond donors (Lipinski definition) is 1. The Morgan fingerprint density at radius 1 is 1.32 bits per heavy atom. The molecule has 1 amide bonds. The molecule has 0 aliphatic carbocycles. The quantitative estimate of drug-likeness (QED) is 0.625. The molecule has 22 heavy (non-hydrogen) atoms. The van der Waals surface area contributed by atoms with E-state index in [1.807, 2.05) is 30.3 Å². The second kappa shape index (κ2) is 8.02. The molecule has 0 radical (unpaired) electrons. The third kappa shape index (κ3) is 4.47. The number of tetrazole rings is 1. The van der Waals surface area contributed by atoms with Crippen molar-refractivity contribution in [1.82, 2.24) is 25.6 Å². The van der Waals surface area contributed by atoms with Crippen LogP contribution in [-0.4, -0.2) is 32.3 Å². The van der Waals surface area contributed by atoms with Crippen LogP contribution in [0.25, 0.3) is 11.4 Å². The molecular formula is C15H20N6O. The van der Waals surface area contributed by atoms with Gasteiger partial charge in [-0.15, -0.1) is 10.2 Å². The predicted octanol–water partition coefficient (Wildman–Crippen LogP) is 1.88. The lowest BCUT2D eigenvalue weighted by Gasteiger charge is -2.04. The molecule has 0 spiro atoms. The largest absolute Gasteiger partial charge is 0.271 e. The van der Waals surface area contributed by atoms with Crippen LogP contribution in [-0.2, 0) is 11.3 Å². The highest BCUT2D eigenvalue weighted by Gasteiger charge is 2.08. The molecule has 0 bridgehead atoms. The van der Waals surface area contributed by atoms with Gasteiger partial charge in [0.25, 0.3) is 5.91 Å². The molecule has 0 unspecified atom stereocenters. The summed E-state index contributed by atoms with van der Waals surface area (Å²) in [6, 6.07) is 9.49. The highest BCUT2D eigenvalue weighted by Crippen LogP contribution is 2.11. The first kappa shape index (κ1) is 15.8. The number of benzene rings is 1. The predicted molar refractivity (Wildman–Crippen MR) is 84.0 cm³/mol. The number of hydrogen-bond acceptors (Lipinski definition) is 5. The zero-order valence-electron chi connectivity index (χ0n) is 12.8. The summed E-state index contributed by atoms with van der Waals surface area (Å²) in [6.07, 6.45) is 3.77. The second-order valence-electron chi connectivity index (χ2n) is 4.90. The molecule has 1 aromatic carbocycles. The fourth-order valence-corrected chi connectivity index (χ4v) is 1.89. The Morgan fingerprint density at radius 2 is 2.05 bits per heavy atom. The summed E-state index contributed by atoms with van der Waals surface area (Å²) in [5.74, 6) is 0.600. The van der Waals surface area contributed by atoms with E-state index >= 15 is 0 Å². The van der Waals surface area contributed by atoms with E-state index in [2.05, 4.69) is 39.8 Å². The van der Waals surface area contributed by atoms with Crippen molar-refractivity contribution in [1.29, 1.82) is 0 Å². The lowest BCUT2D eigenvalue weighted by atomic mass is 10.1. The van der Waals surface area contributed by atoms with E-state index < -0.39 is 0 Å². The average Bonchev–Trinajstić information content (AvgIpc) is 3.01. The second-order valence-corrected chi connectivity index (χ2v) is 4.90. The number of carbonyl (C=O) groups excluding carboxylic acids is 1. The molecule has 0 saturated carbocycles. The topological polar surface area (TPSA) is 85.1 Å². The fraction of sp³-hybridized carbons (Fsp3) is 0.400. The maximum Gasteiger partial charge on any atom is 0.263 e. The summed E-state index contributed by atoms with van der Waals surface area (Å²) in [4.78, 5) is 13.0. The summed E-state index contributed by atoms with van der Waals surface area (Å²) in [7, 11) is 0. The van der Waals surface area contributed by atoms with Gasteiger partial charge in [0.1, 0.15) is 6.54 Å². The zero-order chi connectivity index (χ0) is 15.8. The Kier molecular flexibility index (Phi) is 5.76. The van der Waals surface area contributed by atoms with Crippen molar-refractivity contribution in [3.8, 4) is 11.4 Å². The van der Waals surface area contributed by atoms with Crippen LogP contribution in [0.5, 0.6) is 0 Å². The molecule has 1 N–H and O–H groups in total. The third-order valence-electron chi connectivity index (χ3n) is 3.29. The van der Waals surface area contributed by atoms with Crippen molar-refractivity contribution in [3.05, 3.63) is 30.3 Å². The molecule has 2 aromatic rings. The Balaban J connectivity index is 1.89.